The van der Waals surface area contributed by atoms with Crippen LogP contribution in [0.3, 0.4) is 0 Å². The van der Waals surface area contributed by atoms with E-state index in [0.717, 1.165) is 5.56 Å². The number of benzene rings is 1. The fourth-order valence-corrected chi connectivity index (χ4v) is 1.49. The predicted octanol–water partition coefficient (Wildman–Crippen LogP) is 2.70. The molecule has 1 aromatic carbocycles. The first-order chi connectivity index (χ1) is 9.06. The van der Waals surface area contributed by atoms with Crippen molar-refractivity contribution in [1.29, 1.82) is 0 Å². The fourth-order valence-electron chi connectivity index (χ4n) is 1.49. The summed E-state index contributed by atoms with van der Waals surface area (Å²) in [5.74, 6) is 1.34. The smallest absolute Gasteiger partial charge is 0.454 e. The van der Waals surface area contributed by atoms with Crippen LogP contribution < -0.4 is 9.47 Å². The molecule has 0 saturated heterocycles. The van der Waals surface area contributed by atoms with Crippen LogP contribution >= 0.6 is 0 Å². The molecular formula is C13H15NO5. The van der Waals surface area contributed by atoms with E-state index < -0.39 is 6.16 Å². The molecule has 2 rings (SSSR count). The van der Waals surface area contributed by atoms with Crippen LogP contribution in [0.4, 0.5) is 4.79 Å². The maximum absolute atomic E-state index is 11.2. The zero-order valence-electron chi connectivity index (χ0n) is 11.0. The number of hydrogen-bond donors (Lipinski definition) is 0. The lowest BCUT2D eigenvalue weighted by atomic mass is 10.1. The third kappa shape index (κ3) is 3.37. The van der Waals surface area contributed by atoms with E-state index in [2.05, 4.69) is 9.99 Å². The molecule has 6 heteroatoms. The monoisotopic (exact) mass is 265 g/mol. The van der Waals surface area contributed by atoms with Crippen LogP contribution in [0.25, 0.3) is 0 Å². The maximum Gasteiger partial charge on any atom is 0.535 e. The molecule has 6 nitrogen and oxygen atoms in total. The number of fused-ring (bicyclic) bond motifs is 1. The molecule has 0 aromatic heterocycles. The summed E-state index contributed by atoms with van der Waals surface area (Å²) in [6, 6.07) is 5.37. The Hall–Kier alpha value is -2.24. The minimum Gasteiger partial charge on any atom is -0.454 e. The highest BCUT2D eigenvalue weighted by molar-refractivity contribution is 5.99. The summed E-state index contributed by atoms with van der Waals surface area (Å²) in [4.78, 5) is 15.8. The molecule has 0 fully saturated rings. The van der Waals surface area contributed by atoms with E-state index >= 15 is 0 Å². The van der Waals surface area contributed by atoms with Crippen molar-refractivity contribution in [2.24, 2.45) is 5.16 Å². The number of ether oxygens (including phenoxy) is 3. The first-order valence-corrected chi connectivity index (χ1v) is 5.88. The topological polar surface area (TPSA) is 66.4 Å². The third-order valence-electron chi connectivity index (χ3n) is 2.38. The summed E-state index contributed by atoms with van der Waals surface area (Å²) >= 11 is 0. The Labute approximate surface area is 110 Å². The molecule has 1 aliphatic heterocycles. The lowest BCUT2D eigenvalue weighted by molar-refractivity contribution is 0.0363. The Bertz CT molecular complexity index is 510. The summed E-state index contributed by atoms with van der Waals surface area (Å²) in [5, 5.41) is 3.72. The lowest BCUT2D eigenvalue weighted by Crippen LogP contribution is -2.11. The van der Waals surface area contributed by atoms with Gasteiger partial charge in [-0.1, -0.05) is 5.16 Å². The predicted molar refractivity (Wildman–Crippen MR) is 67.5 cm³/mol. The van der Waals surface area contributed by atoms with E-state index in [1.807, 2.05) is 6.07 Å². The first kappa shape index (κ1) is 13.2. The Morgan fingerprint density at radius 2 is 2.05 bits per heavy atom. The van der Waals surface area contributed by atoms with E-state index in [0.29, 0.717) is 17.2 Å². The number of carbonyl (C=O) groups is 1. The van der Waals surface area contributed by atoms with Crippen molar-refractivity contribution in [2.45, 2.75) is 26.9 Å². The van der Waals surface area contributed by atoms with Crippen LogP contribution in [-0.2, 0) is 9.57 Å². The molecule has 1 aliphatic rings. The maximum atomic E-state index is 11.2. The Kier molecular flexibility index (Phi) is 3.89. The van der Waals surface area contributed by atoms with E-state index in [4.69, 9.17) is 14.2 Å². The van der Waals surface area contributed by atoms with Crippen molar-refractivity contribution in [3.63, 3.8) is 0 Å². The summed E-state index contributed by atoms with van der Waals surface area (Å²) in [6.45, 7) is 5.40. The molecule has 0 saturated carbocycles. The fraction of sp³-hybridized carbons (Fsp3) is 0.385. The molecule has 1 aromatic rings. The van der Waals surface area contributed by atoms with Gasteiger partial charge in [-0.15, -0.1) is 0 Å². The van der Waals surface area contributed by atoms with Gasteiger partial charge in [0, 0.05) is 5.56 Å². The molecule has 0 atom stereocenters. The molecule has 0 radical (unpaired) electrons. The third-order valence-corrected chi connectivity index (χ3v) is 2.38. The normalized spacial score (nSPS) is 13.6. The summed E-state index contributed by atoms with van der Waals surface area (Å²) in [5.41, 5.74) is 1.32. The van der Waals surface area contributed by atoms with Gasteiger partial charge in [-0.25, -0.2) is 4.79 Å². The molecule has 102 valence electrons. The second kappa shape index (κ2) is 5.60. The SMILES string of the molecule is C/C(=N\OC(=O)OC(C)C)c1ccc2c(c1)OCO2. The number of hydrogen-bond acceptors (Lipinski definition) is 6. The lowest BCUT2D eigenvalue weighted by Gasteiger charge is -2.05. The average Bonchev–Trinajstić information content (AvgIpc) is 2.82. The molecule has 19 heavy (non-hydrogen) atoms. The van der Waals surface area contributed by atoms with Crippen molar-refractivity contribution < 1.29 is 23.8 Å². The molecule has 0 N–H and O–H groups in total. The van der Waals surface area contributed by atoms with Crippen molar-refractivity contribution in [2.75, 3.05) is 6.79 Å². The van der Waals surface area contributed by atoms with Crippen molar-refractivity contribution in [1.82, 2.24) is 0 Å². The quantitative estimate of drug-likeness (QED) is 0.364. The van der Waals surface area contributed by atoms with Crippen molar-refractivity contribution in [3.05, 3.63) is 23.8 Å². The van der Waals surface area contributed by atoms with Crippen LogP contribution in [0.5, 0.6) is 11.5 Å². The van der Waals surface area contributed by atoms with Gasteiger partial charge in [-0.3, -0.25) is 4.84 Å². The van der Waals surface area contributed by atoms with Gasteiger partial charge >= 0.3 is 6.16 Å². The standard InChI is InChI=1S/C13H15NO5/c1-8(2)18-13(15)19-14-9(3)10-4-5-11-12(6-10)17-7-16-11/h4-6,8H,7H2,1-3H3/b14-9+. The number of rotatable bonds is 3. The van der Waals surface area contributed by atoms with Gasteiger partial charge in [0.1, 0.15) is 0 Å². The molecule has 0 amide bonds. The Balaban J connectivity index is 2.03. The van der Waals surface area contributed by atoms with Gasteiger partial charge in [-0.05, 0) is 39.0 Å². The molecule has 0 spiro atoms. The molecule has 0 unspecified atom stereocenters. The second-order valence-corrected chi connectivity index (χ2v) is 4.25. The van der Waals surface area contributed by atoms with Crippen LogP contribution in [0, 0.1) is 0 Å². The molecule has 1 heterocycles. The van der Waals surface area contributed by atoms with Gasteiger partial charge in [0.2, 0.25) is 6.79 Å². The van der Waals surface area contributed by atoms with Crippen LogP contribution in [-0.4, -0.2) is 24.8 Å². The zero-order chi connectivity index (χ0) is 13.8. The summed E-state index contributed by atoms with van der Waals surface area (Å²) < 4.78 is 15.3. The van der Waals surface area contributed by atoms with Gasteiger partial charge in [0.05, 0.1) is 11.8 Å². The van der Waals surface area contributed by atoms with Crippen molar-refractivity contribution in [3.8, 4) is 11.5 Å². The molecular weight excluding hydrogens is 250 g/mol. The zero-order valence-corrected chi connectivity index (χ0v) is 11.0. The Morgan fingerprint density at radius 1 is 1.32 bits per heavy atom. The van der Waals surface area contributed by atoms with Crippen LogP contribution in [0.2, 0.25) is 0 Å². The van der Waals surface area contributed by atoms with E-state index in [1.54, 1.807) is 32.9 Å². The molecule has 0 aliphatic carbocycles. The molecule has 0 bridgehead atoms. The van der Waals surface area contributed by atoms with E-state index in [1.165, 1.54) is 0 Å². The number of carbonyl (C=O) groups excluding carboxylic acids is 1. The van der Waals surface area contributed by atoms with Crippen molar-refractivity contribution >= 4 is 11.9 Å². The Morgan fingerprint density at radius 3 is 2.79 bits per heavy atom. The van der Waals surface area contributed by atoms with Crippen LogP contribution in [0.1, 0.15) is 26.3 Å². The highest BCUT2D eigenvalue weighted by Crippen LogP contribution is 2.32. The highest BCUT2D eigenvalue weighted by atomic mass is 16.8. The minimum atomic E-state index is -0.824. The van der Waals surface area contributed by atoms with Gasteiger partial charge in [0.15, 0.2) is 11.5 Å². The minimum absolute atomic E-state index is 0.214. The second-order valence-electron chi connectivity index (χ2n) is 4.25. The number of oxime groups is 1. The van der Waals surface area contributed by atoms with E-state index in [-0.39, 0.29) is 12.9 Å². The first-order valence-electron chi connectivity index (χ1n) is 5.88. The summed E-state index contributed by atoms with van der Waals surface area (Å²) in [7, 11) is 0. The average molecular weight is 265 g/mol. The largest absolute Gasteiger partial charge is 0.535 e. The number of nitrogens with zero attached hydrogens (tertiary/aromatic N) is 1. The summed E-state index contributed by atoms with van der Waals surface area (Å²) in [6.07, 6.45) is -1.07. The highest BCUT2D eigenvalue weighted by Gasteiger charge is 2.14. The van der Waals surface area contributed by atoms with Gasteiger partial charge in [0.25, 0.3) is 0 Å². The van der Waals surface area contributed by atoms with E-state index in [9.17, 15) is 4.79 Å². The van der Waals surface area contributed by atoms with Gasteiger partial charge < -0.3 is 14.2 Å². The van der Waals surface area contributed by atoms with Crippen LogP contribution in [0.15, 0.2) is 23.4 Å². The van der Waals surface area contributed by atoms with Gasteiger partial charge in [-0.2, -0.15) is 0 Å².